The maximum atomic E-state index is 11.3. The average molecular weight is 217 g/mol. The van der Waals surface area contributed by atoms with E-state index in [1.54, 1.807) is 18.6 Å². The van der Waals surface area contributed by atoms with Crippen molar-refractivity contribution >= 4 is 6.03 Å². The summed E-state index contributed by atoms with van der Waals surface area (Å²) in [4.78, 5) is 15.3. The second-order valence-electron chi connectivity index (χ2n) is 3.88. The first-order valence-corrected chi connectivity index (χ1v) is 5.44. The van der Waals surface area contributed by atoms with Crippen LogP contribution in [0, 0.1) is 5.92 Å². The standard InChI is InChI=1S/C12H15N3O/c16-12(14-7-5-10-3-4-10)15-9-11-2-1-6-13-8-11/h1-2,5-8,10H,3-4,9H2,(H2,14,15,16)/b7-5+. The number of amides is 2. The van der Waals surface area contributed by atoms with E-state index in [1.165, 1.54) is 12.8 Å². The van der Waals surface area contributed by atoms with Gasteiger partial charge in [0.25, 0.3) is 0 Å². The van der Waals surface area contributed by atoms with Crippen LogP contribution in [0.15, 0.2) is 36.8 Å². The van der Waals surface area contributed by atoms with E-state index in [0.717, 1.165) is 5.56 Å². The van der Waals surface area contributed by atoms with Crippen molar-refractivity contribution in [2.24, 2.45) is 5.92 Å². The molecule has 84 valence electrons. The van der Waals surface area contributed by atoms with E-state index < -0.39 is 0 Å². The maximum Gasteiger partial charge on any atom is 0.319 e. The van der Waals surface area contributed by atoms with Gasteiger partial charge in [-0.25, -0.2) is 4.79 Å². The lowest BCUT2D eigenvalue weighted by molar-refractivity contribution is 0.243. The fraction of sp³-hybridized carbons (Fsp3) is 0.333. The average Bonchev–Trinajstić information content (AvgIpc) is 3.12. The molecule has 0 atom stereocenters. The molecule has 0 saturated heterocycles. The highest BCUT2D eigenvalue weighted by Crippen LogP contribution is 2.29. The topological polar surface area (TPSA) is 54.0 Å². The zero-order chi connectivity index (χ0) is 11.2. The second-order valence-corrected chi connectivity index (χ2v) is 3.88. The number of hydrogen-bond donors (Lipinski definition) is 2. The SMILES string of the molecule is O=C(N/C=C/C1CC1)NCc1cccnc1. The normalized spacial score (nSPS) is 15.0. The summed E-state index contributed by atoms with van der Waals surface area (Å²) in [6.07, 6.45) is 9.69. The van der Waals surface area contributed by atoms with Crippen molar-refractivity contribution in [2.75, 3.05) is 0 Å². The quantitative estimate of drug-likeness (QED) is 0.808. The van der Waals surface area contributed by atoms with Crippen LogP contribution < -0.4 is 10.6 Å². The number of hydrogen-bond acceptors (Lipinski definition) is 2. The predicted octanol–water partition coefficient (Wildman–Crippen LogP) is 1.80. The Morgan fingerprint density at radius 2 is 2.44 bits per heavy atom. The first-order chi connectivity index (χ1) is 7.84. The lowest BCUT2D eigenvalue weighted by Crippen LogP contribution is -2.31. The van der Waals surface area contributed by atoms with E-state index in [0.29, 0.717) is 12.5 Å². The van der Waals surface area contributed by atoms with Crippen molar-refractivity contribution in [3.63, 3.8) is 0 Å². The van der Waals surface area contributed by atoms with Crippen LogP contribution in [-0.4, -0.2) is 11.0 Å². The minimum atomic E-state index is -0.180. The Hall–Kier alpha value is -1.84. The molecule has 1 fully saturated rings. The van der Waals surface area contributed by atoms with E-state index in [4.69, 9.17) is 0 Å². The molecular weight excluding hydrogens is 202 g/mol. The van der Waals surface area contributed by atoms with E-state index in [1.807, 2.05) is 18.2 Å². The molecule has 4 heteroatoms. The van der Waals surface area contributed by atoms with E-state index >= 15 is 0 Å². The van der Waals surface area contributed by atoms with Crippen LogP contribution in [0.5, 0.6) is 0 Å². The van der Waals surface area contributed by atoms with Gasteiger partial charge in [-0.3, -0.25) is 4.98 Å². The number of nitrogens with zero attached hydrogens (tertiary/aromatic N) is 1. The largest absolute Gasteiger partial charge is 0.334 e. The van der Waals surface area contributed by atoms with Crippen molar-refractivity contribution in [3.05, 3.63) is 42.4 Å². The van der Waals surface area contributed by atoms with Gasteiger partial charge in [-0.1, -0.05) is 12.1 Å². The van der Waals surface area contributed by atoms with Crippen LogP contribution in [0.1, 0.15) is 18.4 Å². The van der Waals surface area contributed by atoms with Crippen molar-refractivity contribution < 1.29 is 4.79 Å². The number of nitrogens with one attached hydrogen (secondary N) is 2. The number of rotatable bonds is 4. The number of urea groups is 1. The van der Waals surface area contributed by atoms with Gasteiger partial charge in [0.15, 0.2) is 0 Å². The van der Waals surface area contributed by atoms with Crippen LogP contribution in [0.3, 0.4) is 0 Å². The van der Waals surface area contributed by atoms with Crippen LogP contribution in [0.4, 0.5) is 4.79 Å². The maximum absolute atomic E-state index is 11.3. The van der Waals surface area contributed by atoms with Gasteiger partial charge in [-0.05, 0) is 30.4 Å². The molecule has 0 aromatic carbocycles. The molecule has 0 bridgehead atoms. The molecule has 2 rings (SSSR count). The van der Waals surface area contributed by atoms with Crippen molar-refractivity contribution in [1.29, 1.82) is 0 Å². The third-order valence-electron chi connectivity index (χ3n) is 2.38. The Kier molecular flexibility index (Phi) is 3.53. The number of pyridine rings is 1. The molecule has 1 saturated carbocycles. The summed E-state index contributed by atoms with van der Waals surface area (Å²) >= 11 is 0. The lowest BCUT2D eigenvalue weighted by Gasteiger charge is -2.03. The third kappa shape index (κ3) is 3.73. The van der Waals surface area contributed by atoms with Gasteiger partial charge in [0.2, 0.25) is 0 Å². The molecule has 4 nitrogen and oxygen atoms in total. The molecule has 1 aliphatic carbocycles. The fourth-order valence-electron chi connectivity index (χ4n) is 1.28. The van der Waals surface area contributed by atoms with E-state index in [9.17, 15) is 4.79 Å². The summed E-state index contributed by atoms with van der Waals surface area (Å²) in [5, 5.41) is 5.43. The fourth-order valence-corrected chi connectivity index (χ4v) is 1.28. The van der Waals surface area contributed by atoms with Crippen LogP contribution in [-0.2, 0) is 6.54 Å². The third-order valence-corrected chi connectivity index (χ3v) is 2.38. The zero-order valence-corrected chi connectivity index (χ0v) is 9.02. The van der Waals surface area contributed by atoms with Crippen LogP contribution in [0.25, 0.3) is 0 Å². The molecule has 0 aliphatic heterocycles. The Morgan fingerprint density at radius 1 is 1.56 bits per heavy atom. The summed E-state index contributed by atoms with van der Waals surface area (Å²) < 4.78 is 0. The monoisotopic (exact) mass is 217 g/mol. The molecule has 0 radical (unpaired) electrons. The van der Waals surface area contributed by atoms with Gasteiger partial charge in [0.05, 0.1) is 0 Å². The first kappa shape index (κ1) is 10.7. The highest BCUT2D eigenvalue weighted by Gasteiger charge is 2.16. The molecule has 2 amide bonds. The Labute approximate surface area is 94.8 Å². The Morgan fingerprint density at radius 3 is 3.12 bits per heavy atom. The number of carbonyl (C=O) groups excluding carboxylic acids is 1. The minimum absolute atomic E-state index is 0.180. The second kappa shape index (κ2) is 5.30. The summed E-state index contributed by atoms with van der Waals surface area (Å²) in [5.74, 6) is 0.679. The first-order valence-electron chi connectivity index (χ1n) is 5.44. The molecule has 0 unspecified atom stereocenters. The lowest BCUT2D eigenvalue weighted by atomic mass is 10.3. The van der Waals surface area contributed by atoms with E-state index in [2.05, 4.69) is 15.6 Å². The molecule has 1 aromatic rings. The number of carbonyl (C=O) groups is 1. The Balaban J connectivity index is 1.67. The van der Waals surface area contributed by atoms with Gasteiger partial charge in [0.1, 0.15) is 0 Å². The van der Waals surface area contributed by atoms with Crippen molar-refractivity contribution in [3.8, 4) is 0 Å². The number of aromatic nitrogens is 1. The van der Waals surface area contributed by atoms with Gasteiger partial charge < -0.3 is 10.6 Å². The van der Waals surface area contributed by atoms with Gasteiger partial charge >= 0.3 is 6.03 Å². The highest BCUT2D eigenvalue weighted by atomic mass is 16.2. The van der Waals surface area contributed by atoms with Gasteiger partial charge in [-0.15, -0.1) is 0 Å². The molecule has 0 spiro atoms. The number of allylic oxidation sites excluding steroid dienone is 1. The predicted molar refractivity (Wildman–Crippen MR) is 61.5 cm³/mol. The highest BCUT2D eigenvalue weighted by molar-refractivity contribution is 5.74. The molecule has 1 heterocycles. The van der Waals surface area contributed by atoms with Crippen molar-refractivity contribution in [2.45, 2.75) is 19.4 Å². The van der Waals surface area contributed by atoms with E-state index in [-0.39, 0.29) is 6.03 Å². The van der Waals surface area contributed by atoms with Gasteiger partial charge in [-0.2, -0.15) is 0 Å². The summed E-state index contributed by atoms with van der Waals surface area (Å²) in [7, 11) is 0. The van der Waals surface area contributed by atoms with Gasteiger partial charge in [0, 0.05) is 25.1 Å². The molecule has 1 aromatic heterocycles. The summed E-state index contributed by atoms with van der Waals surface area (Å²) in [6.45, 7) is 0.497. The zero-order valence-electron chi connectivity index (χ0n) is 9.02. The summed E-state index contributed by atoms with van der Waals surface area (Å²) in [6, 6.07) is 3.59. The minimum Gasteiger partial charge on any atom is -0.334 e. The van der Waals surface area contributed by atoms with Crippen LogP contribution >= 0.6 is 0 Å². The molecule has 1 aliphatic rings. The van der Waals surface area contributed by atoms with Crippen LogP contribution in [0.2, 0.25) is 0 Å². The summed E-state index contributed by atoms with van der Waals surface area (Å²) in [5.41, 5.74) is 0.990. The molecule has 16 heavy (non-hydrogen) atoms. The molecular formula is C12H15N3O. The van der Waals surface area contributed by atoms with Crippen molar-refractivity contribution in [1.82, 2.24) is 15.6 Å². The Bertz CT molecular complexity index is 371. The molecule has 2 N–H and O–H groups in total. The smallest absolute Gasteiger partial charge is 0.319 e.